The van der Waals surface area contributed by atoms with Crippen molar-refractivity contribution in [2.75, 3.05) is 5.32 Å². The van der Waals surface area contributed by atoms with Gasteiger partial charge in [0, 0.05) is 22.5 Å². The Labute approximate surface area is 123 Å². The number of nitrogens with one attached hydrogen (secondary N) is 1. The normalized spacial score (nSPS) is 15.4. The van der Waals surface area contributed by atoms with E-state index in [4.69, 9.17) is 0 Å². The van der Waals surface area contributed by atoms with Crippen molar-refractivity contribution in [3.63, 3.8) is 0 Å². The van der Waals surface area contributed by atoms with E-state index in [0.29, 0.717) is 0 Å². The van der Waals surface area contributed by atoms with Gasteiger partial charge >= 0.3 is 0 Å². The zero-order valence-electron chi connectivity index (χ0n) is 11.6. The van der Waals surface area contributed by atoms with E-state index in [0.717, 1.165) is 34.8 Å². The Morgan fingerprint density at radius 3 is 2.55 bits per heavy atom. The van der Waals surface area contributed by atoms with Crippen molar-refractivity contribution in [3.05, 3.63) is 34.7 Å². The average Bonchev–Trinajstić information content (AvgIpc) is 3.10. The van der Waals surface area contributed by atoms with Gasteiger partial charge in [-0.2, -0.15) is 0 Å². The summed E-state index contributed by atoms with van der Waals surface area (Å²) in [6.45, 7) is 2.00. The van der Waals surface area contributed by atoms with Crippen molar-refractivity contribution >= 4 is 22.9 Å². The highest BCUT2D eigenvalue weighted by Crippen LogP contribution is 2.27. The maximum Gasteiger partial charge on any atom is 0.227 e. The summed E-state index contributed by atoms with van der Waals surface area (Å²) in [5.41, 5.74) is 2.96. The molecule has 0 atom stereocenters. The van der Waals surface area contributed by atoms with E-state index in [1.54, 1.807) is 11.3 Å². The highest BCUT2D eigenvalue weighted by Gasteiger charge is 2.22. The molecule has 0 radical (unpaired) electrons. The van der Waals surface area contributed by atoms with Crippen LogP contribution in [0.25, 0.3) is 11.3 Å². The second-order valence-corrected chi connectivity index (χ2v) is 6.36. The molecule has 0 saturated heterocycles. The first kappa shape index (κ1) is 13.3. The first-order chi connectivity index (χ1) is 9.72. The first-order valence-electron chi connectivity index (χ1n) is 7.06. The average molecular weight is 286 g/mol. The lowest BCUT2D eigenvalue weighted by Crippen LogP contribution is -2.20. The molecule has 1 heterocycles. The molecule has 0 aliphatic heterocycles. The molecule has 20 heavy (non-hydrogen) atoms. The highest BCUT2D eigenvalue weighted by molar-refractivity contribution is 7.09. The summed E-state index contributed by atoms with van der Waals surface area (Å²) in [5, 5.41) is 6.14. The number of aromatic nitrogens is 1. The minimum atomic E-state index is 0.166. The molecule has 1 aromatic carbocycles. The van der Waals surface area contributed by atoms with E-state index >= 15 is 0 Å². The van der Waals surface area contributed by atoms with Gasteiger partial charge in [-0.1, -0.05) is 25.0 Å². The van der Waals surface area contributed by atoms with Crippen LogP contribution in [0.4, 0.5) is 5.69 Å². The Balaban J connectivity index is 1.68. The van der Waals surface area contributed by atoms with E-state index in [9.17, 15) is 4.79 Å². The van der Waals surface area contributed by atoms with Gasteiger partial charge in [0.15, 0.2) is 0 Å². The molecule has 1 aliphatic rings. The van der Waals surface area contributed by atoms with E-state index in [2.05, 4.69) is 15.7 Å². The van der Waals surface area contributed by atoms with Crippen LogP contribution in [0.3, 0.4) is 0 Å². The molecule has 1 aromatic heterocycles. The molecule has 1 fully saturated rings. The van der Waals surface area contributed by atoms with Crippen molar-refractivity contribution in [1.29, 1.82) is 0 Å². The number of thiazole rings is 1. The summed E-state index contributed by atoms with van der Waals surface area (Å²) in [5.74, 6) is 0.371. The Kier molecular flexibility index (Phi) is 3.83. The Hall–Kier alpha value is -1.68. The van der Waals surface area contributed by atoms with Crippen LogP contribution in [-0.2, 0) is 4.79 Å². The fraction of sp³-hybridized carbons (Fsp3) is 0.375. The zero-order valence-corrected chi connectivity index (χ0v) is 12.4. The van der Waals surface area contributed by atoms with Crippen LogP contribution in [0.5, 0.6) is 0 Å². The molecule has 1 amide bonds. The summed E-state index contributed by atoms with van der Waals surface area (Å²) in [6.07, 6.45) is 4.42. The van der Waals surface area contributed by atoms with Crippen molar-refractivity contribution < 1.29 is 4.79 Å². The number of nitrogens with zero attached hydrogens (tertiary/aromatic N) is 1. The van der Waals surface area contributed by atoms with E-state index in [-0.39, 0.29) is 11.8 Å². The predicted octanol–water partition coefficient (Wildman–Crippen LogP) is 4.25. The summed E-state index contributed by atoms with van der Waals surface area (Å²) < 4.78 is 0. The largest absolute Gasteiger partial charge is 0.326 e. The third-order valence-electron chi connectivity index (χ3n) is 3.79. The highest BCUT2D eigenvalue weighted by atomic mass is 32.1. The van der Waals surface area contributed by atoms with Gasteiger partial charge in [-0.15, -0.1) is 11.3 Å². The van der Waals surface area contributed by atoms with Crippen molar-refractivity contribution in [2.45, 2.75) is 32.6 Å². The van der Waals surface area contributed by atoms with Gasteiger partial charge < -0.3 is 5.32 Å². The lowest BCUT2D eigenvalue weighted by molar-refractivity contribution is -0.119. The number of hydrogen-bond donors (Lipinski definition) is 1. The summed E-state index contributed by atoms with van der Waals surface area (Å²) in [6, 6.07) is 7.94. The second-order valence-electron chi connectivity index (χ2n) is 5.30. The van der Waals surface area contributed by atoms with Crippen molar-refractivity contribution in [2.24, 2.45) is 5.92 Å². The molecule has 2 aromatic rings. The van der Waals surface area contributed by atoms with Gasteiger partial charge in [-0.3, -0.25) is 4.79 Å². The number of rotatable bonds is 3. The summed E-state index contributed by atoms with van der Waals surface area (Å²) in [7, 11) is 0. The molecular weight excluding hydrogens is 268 g/mol. The van der Waals surface area contributed by atoms with Gasteiger partial charge in [0.1, 0.15) is 0 Å². The van der Waals surface area contributed by atoms with Crippen molar-refractivity contribution in [1.82, 2.24) is 4.98 Å². The first-order valence-corrected chi connectivity index (χ1v) is 7.94. The smallest absolute Gasteiger partial charge is 0.227 e. The number of anilines is 1. The topological polar surface area (TPSA) is 42.0 Å². The molecular formula is C16H18N2OS. The minimum Gasteiger partial charge on any atom is -0.326 e. The van der Waals surface area contributed by atoms with Crippen LogP contribution in [0.2, 0.25) is 0 Å². The molecule has 104 valence electrons. The molecule has 0 unspecified atom stereocenters. The number of amides is 1. The molecule has 1 N–H and O–H groups in total. The summed E-state index contributed by atoms with van der Waals surface area (Å²) in [4.78, 5) is 16.5. The van der Waals surface area contributed by atoms with Gasteiger partial charge in [0.05, 0.1) is 10.7 Å². The molecule has 4 heteroatoms. The van der Waals surface area contributed by atoms with Crippen LogP contribution < -0.4 is 5.32 Å². The van der Waals surface area contributed by atoms with Crippen LogP contribution >= 0.6 is 11.3 Å². The van der Waals surface area contributed by atoms with Gasteiger partial charge in [-0.25, -0.2) is 4.98 Å². The maximum atomic E-state index is 12.1. The fourth-order valence-electron chi connectivity index (χ4n) is 2.65. The van der Waals surface area contributed by atoms with Crippen LogP contribution in [0.1, 0.15) is 30.7 Å². The Bertz CT molecular complexity index is 597. The molecule has 0 spiro atoms. The number of carbonyl (C=O) groups excluding carboxylic acids is 1. The maximum absolute atomic E-state index is 12.1. The monoisotopic (exact) mass is 286 g/mol. The minimum absolute atomic E-state index is 0.166. The number of aryl methyl sites for hydroxylation is 1. The Morgan fingerprint density at radius 1 is 1.25 bits per heavy atom. The zero-order chi connectivity index (χ0) is 13.9. The van der Waals surface area contributed by atoms with Crippen LogP contribution in [-0.4, -0.2) is 10.9 Å². The number of hydrogen-bond acceptors (Lipinski definition) is 3. The molecule has 3 rings (SSSR count). The third-order valence-corrected chi connectivity index (χ3v) is 4.57. The van der Waals surface area contributed by atoms with Gasteiger partial charge in [0.25, 0.3) is 0 Å². The molecule has 0 bridgehead atoms. The van der Waals surface area contributed by atoms with E-state index < -0.39 is 0 Å². The number of benzene rings is 1. The number of carbonyl (C=O) groups is 1. The van der Waals surface area contributed by atoms with Crippen LogP contribution in [0.15, 0.2) is 29.6 Å². The third kappa shape index (κ3) is 2.90. The summed E-state index contributed by atoms with van der Waals surface area (Å²) >= 11 is 1.65. The SMILES string of the molecule is Cc1nc(-c2ccc(NC(=O)C3CCCC3)cc2)cs1. The Morgan fingerprint density at radius 2 is 1.95 bits per heavy atom. The predicted molar refractivity (Wildman–Crippen MR) is 82.9 cm³/mol. The molecule has 1 saturated carbocycles. The van der Waals surface area contributed by atoms with Crippen LogP contribution in [0, 0.1) is 12.8 Å². The standard InChI is InChI=1S/C16H18N2OS/c1-11-17-15(10-20-11)12-6-8-14(9-7-12)18-16(19)13-4-2-3-5-13/h6-10,13H,2-5H2,1H3,(H,18,19). The lowest BCUT2D eigenvalue weighted by Gasteiger charge is -2.10. The van der Waals surface area contributed by atoms with Crippen molar-refractivity contribution in [3.8, 4) is 11.3 Å². The lowest BCUT2D eigenvalue weighted by atomic mass is 10.1. The molecule has 1 aliphatic carbocycles. The fourth-order valence-corrected chi connectivity index (χ4v) is 3.27. The quantitative estimate of drug-likeness (QED) is 0.916. The van der Waals surface area contributed by atoms with E-state index in [1.165, 1.54) is 12.8 Å². The van der Waals surface area contributed by atoms with Gasteiger partial charge in [-0.05, 0) is 31.9 Å². The molecule has 3 nitrogen and oxygen atoms in total. The van der Waals surface area contributed by atoms with Gasteiger partial charge in [0.2, 0.25) is 5.91 Å². The second kappa shape index (κ2) is 5.75. The van der Waals surface area contributed by atoms with E-state index in [1.807, 2.05) is 31.2 Å².